The van der Waals surface area contributed by atoms with E-state index in [-0.39, 0.29) is 6.04 Å². The molecule has 0 fully saturated rings. The van der Waals surface area contributed by atoms with Crippen LogP contribution in [0.5, 0.6) is 11.5 Å². The lowest BCUT2D eigenvalue weighted by Gasteiger charge is -2.20. The molecule has 4 heteroatoms. The molecule has 18 heavy (non-hydrogen) atoms. The molecule has 0 bridgehead atoms. The first-order chi connectivity index (χ1) is 8.76. The highest BCUT2D eigenvalue weighted by molar-refractivity contribution is 5.42. The van der Waals surface area contributed by atoms with Gasteiger partial charge in [0.15, 0.2) is 0 Å². The third-order valence-electron chi connectivity index (χ3n) is 2.79. The van der Waals surface area contributed by atoms with Gasteiger partial charge >= 0.3 is 0 Å². The van der Waals surface area contributed by atoms with Crippen LogP contribution in [0.15, 0.2) is 30.9 Å². The van der Waals surface area contributed by atoms with E-state index in [4.69, 9.17) is 15.2 Å². The molecule has 0 aliphatic rings. The summed E-state index contributed by atoms with van der Waals surface area (Å²) < 4.78 is 10.6. The number of methoxy groups -OCH3 is 2. The third kappa shape index (κ3) is 3.75. The van der Waals surface area contributed by atoms with Gasteiger partial charge in [-0.05, 0) is 31.2 Å². The highest BCUT2D eigenvalue weighted by Gasteiger charge is 2.14. The van der Waals surface area contributed by atoms with Crippen LogP contribution in [0.25, 0.3) is 0 Å². The molecule has 0 aliphatic carbocycles. The van der Waals surface area contributed by atoms with Crippen molar-refractivity contribution in [3.63, 3.8) is 0 Å². The standard InChI is InChI=1S/C14H22N2O2/c1-4-5-8-16-13(10-15)12-9-11(17-2)6-7-14(12)18-3/h4,6-7,9,13,16H,1,5,8,10,15H2,2-3H3. The number of rotatable bonds is 8. The fourth-order valence-electron chi connectivity index (χ4n) is 1.79. The Hall–Kier alpha value is -1.52. The van der Waals surface area contributed by atoms with E-state index < -0.39 is 0 Å². The second kappa shape index (κ2) is 7.74. The molecular formula is C14H22N2O2. The summed E-state index contributed by atoms with van der Waals surface area (Å²) in [6.07, 6.45) is 2.78. The lowest BCUT2D eigenvalue weighted by atomic mass is 10.0. The van der Waals surface area contributed by atoms with E-state index in [0.717, 1.165) is 30.0 Å². The first-order valence-corrected chi connectivity index (χ1v) is 6.03. The highest BCUT2D eigenvalue weighted by Crippen LogP contribution is 2.28. The van der Waals surface area contributed by atoms with Crippen LogP contribution in [0.3, 0.4) is 0 Å². The monoisotopic (exact) mass is 250 g/mol. The smallest absolute Gasteiger partial charge is 0.123 e. The van der Waals surface area contributed by atoms with Gasteiger partial charge in [-0.2, -0.15) is 0 Å². The fraction of sp³-hybridized carbons (Fsp3) is 0.429. The largest absolute Gasteiger partial charge is 0.497 e. The zero-order valence-electron chi connectivity index (χ0n) is 11.1. The number of hydrogen-bond donors (Lipinski definition) is 2. The highest BCUT2D eigenvalue weighted by atomic mass is 16.5. The van der Waals surface area contributed by atoms with E-state index in [0.29, 0.717) is 6.54 Å². The Balaban J connectivity index is 2.90. The molecule has 0 spiro atoms. The van der Waals surface area contributed by atoms with Crippen LogP contribution in [0.2, 0.25) is 0 Å². The van der Waals surface area contributed by atoms with E-state index in [1.54, 1.807) is 14.2 Å². The maximum absolute atomic E-state index is 5.82. The second-order valence-electron chi connectivity index (χ2n) is 3.93. The van der Waals surface area contributed by atoms with Gasteiger partial charge in [0.05, 0.1) is 14.2 Å². The average molecular weight is 250 g/mol. The maximum atomic E-state index is 5.82. The van der Waals surface area contributed by atoms with Crippen molar-refractivity contribution in [3.8, 4) is 11.5 Å². The molecule has 1 unspecified atom stereocenters. The summed E-state index contributed by atoms with van der Waals surface area (Å²) in [5.41, 5.74) is 6.83. The van der Waals surface area contributed by atoms with Crippen LogP contribution in [0, 0.1) is 0 Å². The molecule has 0 aromatic heterocycles. The molecule has 0 heterocycles. The van der Waals surface area contributed by atoms with Crippen molar-refractivity contribution in [1.29, 1.82) is 0 Å². The van der Waals surface area contributed by atoms with Crippen LogP contribution in [-0.4, -0.2) is 27.3 Å². The Morgan fingerprint density at radius 3 is 2.72 bits per heavy atom. The van der Waals surface area contributed by atoms with E-state index in [1.165, 1.54) is 0 Å². The Morgan fingerprint density at radius 2 is 2.17 bits per heavy atom. The molecule has 3 N–H and O–H groups in total. The zero-order chi connectivity index (χ0) is 13.4. The Bertz CT molecular complexity index is 380. The van der Waals surface area contributed by atoms with Crippen LogP contribution in [0.4, 0.5) is 0 Å². The number of ether oxygens (including phenoxy) is 2. The summed E-state index contributed by atoms with van der Waals surface area (Å²) in [7, 11) is 3.30. The molecule has 4 nitrogen and oxygen atoms in total. The van der Waals surface area contributed by atoms with Crippen molar-refractivity contribution in [2.24, 2.45) is 5.73 Å². The summed E-state index contributed by atoms with van der Waals surface area (Å²) in [6, 6.07) is 5.78. The van der Waals surface area contributed by atoms with E-state index in [2.05, 4.69) is 11.9 Å². The SMILES string of the molecule is C=CCCNC(CN)c1cc(OC)ccc1OC. The summed E-state index contributed by atoms with van der Waals surface area (Å²) >= 11 is 0. The van der Waals surface area contributed by atoms with Crippen LogP contribution >= 0.6 is 0 Å². The third-order valence-corrected chi connectivity index (χ3v) is 2.79. The van der Waals surface area contributed by atoms with Crippen LogP contribution in [-0.2, 0) is 0 Å². The van der Waals surface area contributed by atoms with Crippen molar-refractivity contribution >= 4 is 0 Å². The van der Waals surface area contributed by atoms with Gasteiger partial charge in [-0.15, -0.1) is 6.58 Å². The predicted octanol–water partition coefficient (Wildman–Crippen LogP) is 1.87. The van der Waals surface area contributed by atoms with Gasteiger partial charge in [0.25, 0.3) is 0 Å². The van der Waals surface area contributed by atoms with Gasteiger partial charge in [-0.1, -0.05) is 6.08 Å². The van der Waals surface area contributed by atoms with Gasteiger partial charge in [0.2, 0.25) is 0 Å². The Labute approximate surface area is 109 Å². The Morgan fingerprint density at radius 1 is 1.39 bits per heavy atom. The van der Waals surface area contributed by atoms with E-state index in [9.17, 15) is 0 Å². The molecule has 100 valence electrons. The lowest BCUT2D eigenvalue weighted by Crippen LogP contribution is -2.29. The second-order valence-corrected chi connectivity index (χ2v) is 3.93. The molecule has 1 aromatic carbocycles. The van der Waals surface area contributed by atoms with Gasteiger partial charge in [0, 0.05) is 18.2 Å². The van der Waals surface area contributed by atoms with Crippen LogP contribution in [0.1, 0.15) is 18.0 Å². The maximum Gasteiger partial charge on any atom is 0.123 e. The van der Waals surface area contributed by atoms with Gasteiger partial charge in [-0.3, -0.25) is 0 Å². The molecule has 0 aliphatic heterocycles. The van der Waals surface area contributed by atoms with Crippen LogP contribution < -0.4 is 20.5 Å². The zero-order valence-corrected chi connectivity index (χ0v) is 11.1. The number of nitrogens with two attached hydrogens (primary N) is 1. The van der Waals surface area contributed by atoms with E-state index >= 15 is 0 Å². The van der Waals surface area contributed by atoms with Crippen molar-refractivity contribution in [2.45, 2.75) is 12.5 Å². The molecule has 1 rings (SSSR count). The van der Waals surface area contributed by atoms with Crippen molar-refractivity contribution < 1.29 is 9.47 Å². The molecular weight excluding hydrogens is 228 g/mol. The minimum atomic E-state index is 0.0509. The number of nitrogens with one attached hydrogen (secondary N) is 1. The van der Waals surface area contributed by atoms with Crippen molar-refractivity contribution in [1.82, 2.24) is 5.32 Å². The van der Waals surface area contributed by atoms with Gasteiger partial charge in [-0.25, -0.2) is 0 Å². The van der Waals surface area contributed by atoms with Crippen molar-refractivity contribution in [3.05, 3.63) is 36.4 Å². The molecule has 0 radical (unpaired) electrons. The first kappa shape index (κ1) is 14.5. The molecule has 0 saturated carbocycles. The number of benzene rings is 1. The lowest BCUT2D eigenvalue weighted by molar-refractivity contribution is 0.390. The molecule has 1 atom stereocenters. The first-order valence-electron chi connectivity index (χ1n) is 6.03. The van der Waals surface area contributed by atoms with Crippen molar-refractivity contribution in [2.75, 3.05) is 27.3 Å². The minimum Gasteiger partial charge on any atom is -0.497 e. The summed E-state index contributed by atoms with van der Waals surface area (Å²) in [6.45, 7) is 5.04. The number of hydrogen-bond acceptors (Lipinski definition) is 4. The predicted molar refractivity (Wildman–Crippen MR) is 74.2 cm³/mol. The Kier molecular flexibility index (Phi) is 6.25. The minimum absolute atomic E-state index is 0.0509. The summed E-state index contributed by atoms with van der Waals surface area (Å²) in [4.78, 5) is 0. The van der Waals surface area contributed by atoms with Gasteiger partial charge in [0.1, 0.15) is 11.5 Å². The van der Waals surface area contributed by atoms with Gasteiger partial charge < -0.3 is 20.5 Å². The average Bonchev–Trinajstić information content (AvgIpc) is 2.43. The van der Waals surface area contributed by atoms with E-state index in [1.807, 2.05) is 24.3 Å². The molecule has 0 amide bonds. The topological polar surface area (TPSA) is 56.5 Å². The fourth-order valence-corrected chi connectivity index (χ4v) is 1.79. The molecule has 1 aromatic rings. The normalized spacial score (nSPS) is 11.9. The summed E-state index contributed by atoms with van der Waals surface area (Å²) in [5, 5.41) is 3.38. The quantitative estimate of drug-likeness (QED) is 0.546. The molecule has 0 saturated heterocycles. The summed E-state index contributed by atoms with van der Waals surface area (Å²) in [5.74, 6) is 1.62.